The van der Waals surface area contributed by atoms with Crippen LogP contribution in [0.2, 0.25) is 5.02 Å². The number of aryl methyl sites for hydroxylation is 2. The molecule has 0 unspecified atom stereocenters. The molecule has 4 aromatic rings. The zero-order chi connectivity index (χ0) is 20.5. The molecule has 0 saturated carbocycles. The van der Waals surface area contributed by atoms with Crippen LogP contribution in [0.1, 0.15) is 15.9 Å². The Hall–Kier alpha value is -3.51. The Morgan fingerprint density at radius 1 is 1.10 bits per heavy atom. The summed E-state index contributed by atoms with van der Waals surface area (Å²) in [4.78, 5) is 33.9. The van der Waals surface area contributed by atoms with E-state index < -0.39 is 0 Å². The summed E-state index contributed by atoms with van der Waals surface area (Å²) in [5.74, 6) is -0.259. The van der Waals surface area contributed by atoms with Gasteiger partial charge in [-0.25, -0.2) is 9.97 Å². The Morgan fingerprint density at radius 3 is 2.62 bits per heavy atom. The van der Waals surface area contributed by atoms with Crippen molar-refractivity contribution in [1.29, 1.82) is 0 Å². The van der Waals surface area contributed by atoms with Gasteiger partial charge in [-0.3, -0.25) is 14.2 Å². The lowest BCUT2D eigenvalue weighted by molar-refractivity contribution is 0.102. The van der Waals surface area contributed by atoms with Gasteiger partial charge < -0.3 is 5.32 Å². The number of aromatic nitrogens is 3. The van der Waals surface area contributed by atoms with Gasteiger partial charge in [-0.1, -0.05) is 29.8 Å². The van der Waals surface area contributed by atoms with E-state index in [0.717, 1.165) is 5.56 Å². The molecule has 2 aromatic carbocycles. The fourth-order valence-electron chi connectivity index (χ4n) is 3.05. The fraction of sp³-hybridized carbons (Fsp3) is 0.0909. The Morgan fingerprint density at radius 2 is 1.86 bits per heavy atom. The molecule has 0 aliphatic carbocycles. The van der Waals surface area contributed by atoms with Gasteiger partial charge in [-0.2, -0.15) is 0 Å². The number of hydrogen-bond donors (Lipinski definition) is 1. The Balaban J connectivity index is 1.65. The first kappa shape index (κ1) is 18.8. The molecule has 29 heavy (non-hydrogen) atoms. The van der Waals surface area contributed by atoms with Gasteiger partial charge in [-0.15, -0.1) is 0 Å². The molecule has 0 aliphatic rings. The first-order valence-electron chi connectivity index (χ1n) is 8.94. The number of halogens is 1. The van der Waals surface area contributed by atoms with Crippen molar-refractivity contribution in [3.8, 4) is 11.3 Å². The van der Waals surface area contributed by atoms with Crippen molar-refractivity contribution in [2.75, 3.05) is 5.32 Å². The van der Waals surface area contributed by atoms with E-state index in [1.54, 1.807) is 61.8 Å². The summed E-state index contributed by atoms with van der Waals surface area (Å²) in [6.07, 6.45) is 1.62. The molecule has 0 saturated heterocycles. The van der Waals surface area contributed by atoms with E-state index in [-0.39, 0.29) is 11.5 Å². The van der Waals surface area contributed by atoms with Gasteiger partial charge in [0.15, 0.2) is 5.65 Å². The highest BCUT2D eigenvalue weighted by Crippen LogP contribution is 2.22. The molecule has 7 heteroatoms. The van der Waals surface area contributed by atoms with Crippen LogP contribution in [0.25, 0.3) is 22.4 Å². The number of rotatable bonds is 3. The molecule has 0 atom stereocenters. The Labute approximate surface area is 171 Å². The van der Waals surface area contributed by atoms with Gasteiger partial charge in [-0.05, 0) is 48.9 Å². The van der Waals surface area contributed by atoms with Crippen LogP contribution in [-0.4, -0.2) is 20.4 Å². The van der Waals surface area contributed by atoms with E-state index in [9.17, 15) is 9.59 Å². The molecule has 0 bridgehead atoms. The fourth-order valence-corrected chi connectivity index (χ4v) is 3.22. The molecule has 144 valence electrons. The second kappa shape index (κ2) is 7.48. The number of anilines is 1. The molecule has 2 heterocycles. The zero-order valence-corrected chi connectivity index (χ0v) is 16.6. The van der Waals surface area contributed by atoms with Crippen LogP contribution < -0.4 is 10.9 Å². The molecule has 4 rings (SSSR count). The van der Waals surface area contributed by atoms with Gasteiger partial charge in [0.1, 0.15) is 11.2 Å². The van der Waals surface area contributed by atoms with E-state index in [2.05, 4.69) is 15.3 Å². The molecule has 1 N–H and O–H groups in total. The SMILES string of the molecule is Cc1ccc(Cl)cc1NC(=O)c1ccc(-c2nc3cccnc3n(C)c2=O)cc1. The van der Waals surface area contributed by atoms with Gasteiger partial charge in [0.2, 0.25) is 0 Å². The number of nitrogens with zero attached hydrogens (tertiary/aromatic N) is 3. The van der Waals surface area contributed by atoms with Crippen LogP contribution in [0, 0.1) is 6.92 Å². The van der Waals surface area contributed by atoms with Crippen LogP contribution in [0.15, 0.2) is 65.6 Å². The van der Waals surface area contributed by atoms with Gasteiger partial charge in [0.25, 0.3) is 11.5 Å². The quantitative estimate of drug-likeness (QED) is 0.555. The molecular weight excluding hydrogens is 388 g/mol. The van der Waals surface area contributed by atoms with E-state index in [0.29, 0.717) is 38.7 Å². The number of hydrogen-bond acceptors (Lipinski definition) is 4. The Bertz CT molecular complexity index is 1300. The van der Waals surface area contributed by atoms with Crippen LogP contribution in [-0.2, 0) is 7.05 Å². The minimum atomic E-state index is -0.259. The summed E-state index contributed by atoms with van der Waals surface area (Å²) < 4.78 is 1.47. The van der Waals surface area contributed by atoms with Crippen molar-refractivity contribution in [1.82, 2.24) is 14.5 Å². The average molecular weight is 405 g/mol. The zero-order valence-electron chi connectivity index (χ0n) is 15.8. The lowest BCUT2D eigenvalue weighted by atomic mass is 10.1. The third-order valence-electron chi connectivity index (χ3n) is 4.69. The minimum Gasteiger partial charge on any atom is -0.322 e. The van der Waals surface area contributed by atoms with Crippen molar-refractivity contribution in [3.63, 3.8) is 0 Å². The monoisotopic (exact) mass is 404 g/mol. The van der Waals surface area contributed by atoms with Crippen molar-refractivity contribution in [2.45, 2.75) is 6.92 Å². The lowest BCUT2D eigenvalue weighted by Gasteiger charge is -2.10. The van der Waals surface area contributed by atoms with Crippen LogP contribution >= 0.6 is 11.6 Å². The van der Waals surface area contributed by atoms with E-state index in [4.69, 9.17) is 11.6 Å². The number of benzene rings is 2. The maximum absolute atomic E-state index is 12.7. The first-order chi connectivity index (χ1) is 13.9. The van der Waals surface area contributed by atoms with Crippen molar-refractivity contribution < 1.29 is 4.79 Å². The third-order valence-corrected chi connectivity index (χ3v) is 4.93. The second-order valence-electron chi connectivity index (χ2n) is 6.66. The molecule has 0 fully saturated rings. The summed E-state index contributed by atoms with van der Waals surface area (Å²) >= 11 is 6.01. The number of nitrogens with one attached hydrogen (secondary N) is 1. The third kappa shape index (κ3) is 3.62. The molecule has 0 aliphatic heterocycles. The second-order valence-corrected chi connectivity index (χ2v) is 7.10. The van der Waals surface area contributed by atoms with E-state index in [1.165, 1.54) is 4.57 Å². The van der Waals surface area contributed by atoms with E-state index in [1.807, 2.05) is 13.0 Å². The lowest BCUT2D eigenvalue weighted by Crippen LogP contribution is -2.21. The highest BCUT2D eigenvalue weighted by atomic mass is 35.5. The molecule has 1 amide bonds. The maximum Gasteiger partial charge on any atom is 0.278 e. The summed E-state index contributed by atoms with van der Waals surface area (Å²) in [6.45, 7) is 1.89. The van der Waals surface area contributed by atoms with Crippen molar-refractivity contribution in [3.05, 3.63) is 87.3 Å². The van der Waals surface area contributed by atoms with Crippen molar-refractivity contribution >= 4 is 34.4 Å². The number of amides is 1. The number of fused-ring (bicyclic) bond motifs is 1. The van der Waals surface area contributed by atoms with Gasteiger partial charge >= 0.3 is 0 Å². The van der Waals surface area contributed by atoms with Crippen LogP contribution in [0.5, 0.6) is 0 Å². The topological polar surface area (TPSA) is 76.9 Å². The molecule has 0 radical (unpaired) electrons. The standard InChI is InChI=1S/C22H17ClN4O2/c1-13-5-10-16(23)12-18(13)26-21(28)15-8-6-14(7-9-15)19-22(29)27(2)20-17(25-19)4-3-11-24-20/h3-12H,1-2H3,(H,26,28). The highest BCUT2D eigenvalue weighted by Gasteiger charge is 2.13. The summed E-state index contributed by atoms with van der Waals surface area (Å²) in [5, 5.41) is 3.41. The number of carbonyl (C=O) groups is 1. The minimum absolute atomic E-state index is 0.247. The Kier molecular flexibility index (Phi) is 4.86. The molecule has 2 aromatic heterocycles. The largest absolute Gasteiger partial charge is 0.322 e. The smallest absolute Gasteiger partial charge is 0.278 e. The number of pyridine rings is 1. The maximum atomic E-state index is 12.7. The molecule has 6 nitrogen and oxygen atoms in total. The highest BCUT2D eigenvalue weighted by molar-refractivity contribution is 6.31. The predicted molar refractivity (Wildman–Crippen MR) is 114 cm³/mol. The molecular formula is C22H17ClN4O2. The van der Waals surface area contributed by atoms with Crippen LogP contribution in [0.3, 0.4) is 0 Å². The summed E-state index contributed by atoms with van der Waals surface area (Å²) in [5.41, 5.74) is 3.88. The summed E-state index contributed by atoms with van der Waals surface area (Å²) in [7, 11) is 1.66. The number of carbonyl (C=O) groups excluding carboxylic acids is 1. The predicted octanol–water partition coefficient (Wildman–Crippen LogP) is 4.21. The average Bonchev–Trinajstić information content (AvgIpc) is 2.73. The van der Waals surface area contributed by atoms with E-state index >= 15 is 0 Å². The first-order valence-corrected chi connectivity index (χ1v) is 9.31. The van der Waals surface area contributed by atoms with Gasteiger partial charge in [0, 0.05) is 35.1 Å². The normalized spacial score (nSPS) is 10.9. The van der Waals surface area contributed by atoms with Crippen molar-refractivity contribution in [2.24, 2.45) is 7.05 Å². The molecule has 0 spiro atoms. The van der Waals surface area contributed by atoms with Gasteiger partial charge in [0.05, 0.1) is 0 Å². The van der Waals surface area contributed by atoms with Crippen LogP contribution in [0.4, 0.5) is 5.69 Å². The summed E-state index contributed by atoms with van der Waals surface area (Å²) in [6, 6.07) is 15.7.